The fraction of sp³-hybridized carbons (Fsp3) is 0.929. The second-order valence-corrected chi connectivity index (χ2v) is 4.98. The van der Waals surface area contributed by atoms with Gasteiger partial charge in [0.05, 0.1) is 12.0 Å². The summed E-state index contributed by atoms with van der Waals surface area (Å²) in [6.07, 6.45) is 8.68. The molecule has 2 heteroatoms. The van der Waals surface area contributed by atoms with E-state index < -0.39 is 0 Å². The van der Waals surface area contributed by atoms with Crippen molar-refractivity contribution < 1.29 is 0 Å². The minimum atomic E-state index is 0.300. The van der Waals surface area contributed by atoms with Gasteiger partial charge in [-0.3, -0.25) is 4.90 Å². The highest BCUT2D eigenvalue weighted by Gasteiger charge is 2.31. The lowest BCUT2D eigenvalue weighted by atomic mass is 10.0. The maximum atomic E-state index is 9.16. The highest BCUT2D eigenvalue weighted by Crippen LogP contribution is 2.29. The van der Waals surface area contributed by atoms with Crippen molar-refractivity contribution in [2.24, 2.45) is 5.92 Å². The van der Waals surface area contributed by atoms with Crippen molar-refractivity contribution >= 4 is 0 Å². The van der Waals surface area contributed by atoms with E-state index in [4.69, 9.17) is 5.26 Å². The Hall–Kier alpha value is -0.550. The van der Waals surface area contributed by atoms with Gasteiger partial charge in [-0.25, -0.2) is 0 Å². The Morgan fingerprint density at radius 1 is 1.12 bits per heavy atom. The van der Waals surface area contributed by atoms with Crippen LogP contribution in [0.4, 0.5) is 0 Å². The molecule has 1 saturated carbocycles. The van der Waals surface area contributed by atoms with E-state index in [2.05, 4.69) is 24.8 Å². The first-order valence-corrected chi connectivity index (χ1v) is 6.97. The quantitative estimate of drug-likeness (QED) is 0.658. The second-order valence-electron chi connectivity index (χ2n) is 4.98. The van der Waals surface area contributed by atoms with E-state index in [1.165, 1.54) is 51.6 Å². The number of nitriles is 1. The van der Waals surface area contributed by atoms with Gasteiger partial charge in [-0.15, -0.1) is 0 Å². The smallest absolute Gasteiger partial charge is 0.0672 e. The number of rotatable bonds is 7. The molecule has 92 valence electrons. The van der Waals surface area contributed by atoms with Gasteiger partial charge < -0.3 is 0 Å². The number of unbranched alkanes of at least 4 members (excludes halogenated alkanes) is 2. The predicted molar refractivity (Wildman–Crippen MR) is 68.1 cm³/mol. The van der Waals surface area contributed by atoms with Gasteiger partial charge in [0.25, 0.3) is 0 Å². The third-order valence-corrected chi connectivity index (χ3v) is 3.71. The molecule has 0 aliphatic heterocycles. The van der Waals surface area contributed by atoms with Crippen LogP contribution in [0.15, 0.2) is 0 Å². The molecule has 0 bridgehead atoms. The van der Waals surface area contributed by atoms with Crippen LogP contribution in [0.1, 0.15) is 58.8 Å². The Morgan fingerprint density at radius 2 is 1.75 bits per heavy atom. The van der Waals surface area contributed by atoms with Gasteiger partial charge in [-0.2, -0.15) is 5.26 Å². The highest BCUT2D eigenvalue weighted by molar-refractivity contribution is 4.97. The molecule has 2 unspecified atom stereocenters. The summed E-state index contributed by atoms with van der Waals surface area (Å²) in [6, 6.07) is 3.06. The van der Waals surface area contributed by atoms with Crippen molar-refractivity contribution in [3.8, 4) is 6.07 Å². The largest absolute Gasteiger partial charge is 0.299 e. The van der Waals surface area contributed by atoms with Gasteiger partial charge in [0, 0.05) is 6.04 Å². The molecule has 0 aromatic rings. The van der Waals surface area contributed by atoms with Crippen LogP contribution in [0.25, 0.3) is 0 Å². The van der Waals surface area contributed by atoms with Crippen LogP contribution in [0, 0.1) is 17.2 Å². The van der Waals surface area contributed by atoms with E-state index in [1.807, 2.05) is 0 Å². The van der Waals surface area contributed by atoms with Crippen LogP contribution < -0.4 is 0 Å². The zero-order chi connectivity index (χ0) is 11.8. The number of hydrogen-bond acceptors (Lipinski definition) is 2. The molecule has 16 heavy (non-hydrogen) atoms. The average Bonchev–Trinajstić information content (AvgIpc) is 2.77. The summed E-state index contributed by atoms with van der Waals surface area (Å²) in [5.74, 6) is 0.300. The Labute approximate surface area is 101 Å². The molecule has 1 rings (SSSR count). The molecule has 1 aliphatic rings. The summed E-state index contributed by atoms with van der Waals surface area (Å²) in [7, 11) is 0. The topological polar surface area (TPSA) is 27.0 Å². The molecule has 0 heterocycles. The minimum Gasteiger partial charge on any atom is -0.299 e. The maximum absolute atomic E-state index is 9.16. The summed E-state index contributed by atoms with van der Waals surface area (Å²) in [5.41, 5.74) is 0. The second kappa shape index (κ2) is 7.68. The summed E-state index contributed by atoms with van der Waals surface area (Å²) >= 11 is 0. The van der Waals surface area contributed by atoms with E-state index in [0.29, 0.717) is 12.0 Å². The first-order chi connectivity index (χ1) is 7.83. The number of nitrogens with zero attached hydrogens (tertiary/aromatic N) is 2. The zero-order valence-corrected chi connectivity index (χ0v) is 10.9. The molecule has 0 amide bonds. The van der Waals surface area contributed by atoms with E-state index in [-0.39, 0.29) is 0 Å². The summed E-state index contributed by atoms with van der Waals surface area (Å²) in [5, 5.41) is 9.16. The highest BCUT2D eigenvalue weighted by atomic mass is 15.2. The Bertz CT molecular complexity index is 211. The third kappa shape index (κ3) is 3.79. The molecule has 1 aliphatic carbocycles. The zero-order valence-electron chi connectivity index (χ0n) is 10.9. The molecule has 2 nitrogen and oxygen atoms in total. The molecule has 0 N–H and O–H groups in total. The van der Waals surface area contributed by atoms with E-state index in [9.17, 15) is 0 Å². The fourth-order valence-corrected chi connectivity index (χ4v) is 2.69. The molecule has 0 aromatic carbocycles. The van der Waals surface area contributed by atoms with Crippen LogP contribution in [0.3, 0.4) is 0 Å². The monoisotopic (exact) mass is 222 g/mol. The third-order valence-electron chi connectivity index (χ3n) is 3.71. The molecular formula is C14H26N2. The van der Waals surface area contributed by atoms with Crippen LogP contribution in [-0.2, 0) is 0 Å². The molecule has 0 spiro atoms. The molecule has 1 fully saturated rings. The van der Waals surface area contributed by atoms with Crippen molar-refractivity contribution in [3.63, 3.8) is 0 Å². The molecular weight excluding hydrogens is 196 g/mol. The van der Waals surface area contributed by atoms with Crippen molar-refractivity contribution in [2.75, 3.05) is 13.1 Å². The van der Waals surface area contributed by atoms with Gasteiger partial charge >= 0.3 is 0 Å². The lowest BCUT2D eigenvalue weighted by molar-refractivity contribution is 0.173. The normalized spacial score (nSPS) is 24.9. The van der Waals surface area contributed by atoms with E-state index in [1.54, 1.807) is 0 Å². The van der Waals surface area contributed by atoms with Crippen molar-refractivity contribution in [1.82, 2.24) is 4.90 Å². The Balaban J connectivity index is 2.49. The number of hydrogen-bond donors (Lipinski definition) is 0. The van der Waals surface area contributed by atoms with Crippen molar-refractivity contribution in [2.45, 2.75) is 64.8 Å². The predicted octanol–water partition coefficient (Wildman–Crippen LogP) is 3.58. The lowest BCUT2D eigenvalue weighted by Crippen LogP contribution is -2.38. The fourth-order valence-electron chi connectivity index (χ4n) is 2.69. The van der Waals surface area contributed by atoms with Crippen LogP contribution in [0.2, 0.25) is 0 Å². The maximum Gasteiger partial charge on any atom is 0.0672 e. The van der Waals surface area contributed by atoms with Gasteiger partial charge in [-0.1, -0.05) is 33.1 Å². The first kappa shape index (κ1) is 13.5. The van der Waals surface area contributed by atoms with E-state index >= 15 is 0 Å². The average molecular weight is 222 g/mol. The van der Waals surface area contributed by atoms with Gasteiger partial charge in [0.15, 0.2) is 0 Å². The minimum absolute atomic E-state index is 0.300. The van der Waals surface area contributed by atoms with Crippen LogP contribution in [0.5, 0.6) is 0 Å². The standard InChI is InChI=1S/C14H26N2/c1-3-5-10-16(11-6-4-2)14-9-7-8-13(14)12-15/h13-14H,3-11H2,1-2H3. The molecule has 0 radical (unpaired) electrons. The first-order valence-electron chi connectivity index (χ1n) is 6.97. The van der Waals surface area contributed by atoms with Gasteiger partial charge in [-0.05, 0) is 38.8 Å². The molecule has 0 aromatic heterocycles. The van der Waals surface area contributed by atoms with E-state index in [0.717, 1.165) is 6.42 Å². The van der Waals surface area contributed by atoms with Crippen molar-refractivity contribution in [3.05, 3.63) is 0 Å². The Kier molecular flexibility index (Phi) is 6.49. The van der Waals surface area contributed by atoms with Crippen molar-refractivity contribution in [1.29, 1.82) is 5.26 Å². The summed E-state index contributed by atoms with van der Waals surface area (Å²) in [6.45, 7) is 6.88. The lowest BCUT2D eigenvalue weighted by Gasteiger charge is -2.30. The van der Waals surface area contributed by atoms with Crippen LogP contribution in [-0.4, -0.2) is 24.0 Å². The summed E-state index contributed by atoms with van der Waals surface area (Å²) < 4.78 is 0. The van der Waals surface area contributed by atoms with Crippen LogP contribution >= 0.6 is 0 Å². The Morgan fingerprint density at radius 3 is 2.25 bits per heavy atom. The molecule has 2 atom stereocenters. The van der Waals surface area contributed by atoms with Gasteiger partial charge in [0.1, 0.15) is 0 Å². The molecule has 0 saturated heterocycles. The van der Waals surface area contributed by atoms with Gasteiger partial charge in [0.2, 0.25) is 0 Å². The summed E-state index contributed by atoms with van der Waals surface area (Å²) in [4.78, 5) is 2.59. The SMILES string of the molecule is CCCCN(CCCC)C1CCCC1C#N.